The van der Waals surface area contributed by atoms with Crippen LogP contribution in [0.3, 0.4) is 0 Å². The lowest BCUT2D eigenvalue weighted by Crippen LogP contribution is -2.31. The molecule has 8 heteroatoms. The largest absolute Gasteiger partial charge is 0.495 e. The molecule has 1 aromatic carbocycles. The number of fused-ring (bicyclic) bond motifs is 1. The zero-order valence-electron chi connectivity index (χ0n) is 17.3. The van der Waals surface area contributed by atoms with Gasteiger partial charge in [-0.25, -0.2) is 0 Å². The van der Waals surface area contributed by atoms with Gasteiger partial charge in [0.05, 0.1) is 18.5 Å². The predicted molar refractivity (Wildman–Crippen MR) is 118 cm³/mol. The van der Waals surface area contributed by atoms with Crippen LogP contribution in [0.4, 0.5) is 5.69 Å². The molecule has 7 nitrogen and oxygen atoms in total. The lowest BCUT2D eigenvalue weighted by molar-refractivity contribution is 0.0992. The van der Waals surface area contributed by atoms with Crippen LogP contribution in [0.1, 0.15) is 53.3 Å². The van der Waals surface area contributed by atoms with E-state index in [1.54, 1.807) is 7.11 Å². The molecule has 0 saturated heterocycles. The summed E-state index contributed by atoms with van der Waals surface area (Å²) in [5.74, 6) is 1.25. The van der Waals surface area contributed by atoms with Crippen molar-refractivity contribution in [2.75, 3.05) is 12.4 Å². The molecule has 0 atom stereocenters. The number of furan rings is 1. The number of amides is 1. The number of hydrazone groups is 1. The summed E-state index contributed by atoms with van der Waals surface area (Å²) in [5, 5.41) is 7.36. The standard InChI is InChI=1S/C21H26N4O3S/c1-11-6-7-15(27-5)13(8-11)23-19(26)18-12(2)17-14(24-25-20(22)29)9-21(3,4)10-16(17)28-18/h6-8H,9-10H2,1-5H3,(H,23,26)(H3,22,25,29)/b24-14-. The Morgan fingerprint density at radius 1 is 1.31 bits per heavy atom. The summed E-state index contributed by atoms with van der Waals surface area (Å²) in [6.45, 7) is 8.06. The first-order chi connectivity index (χ1) is 13.6. The number of hydrogen-bond acceptors (Lipinski definition) is 5. The summed E-state index contributed by atoms with van der Waals surface area (Å²) < 4.78 is 11.4. The van der Waals surface area contributed by atoms with Gasteiger partial charge >= 0.3 is 0 Å². The molecule has 0 aliphatic heterocycles. The molecule has 29 heavy (non-hydrogen) atoms. The molecule has 3 rings (SSSR count). The molecular weight excluding hydrogens is 388 g/mol. The molecule has 1 heterocycles. The van der Waals surface area contributed by atoms with Crippen LogP contribution < -0.4 is 21.2 Å². The number of rotatable bonds is 4. The monoisotopic (exact) mass is 414 g/mol. The molecule has 1 amide bonds. The first-order valence-electron chi connectivity index (χ1n) is 9.32. The van der Waals surface area contributed by atoms with Crippen molar-refractivity contribution in [1.82, 2.24) is 5.43 Å². The van der Waals surface area contributed by atoms with E-state index in [9.17, 15) is 4.79 Å². The second kappa shape index (κ2) is 7.87. The van der Waals surface area contributed by atoms with Crippen molar-refractivity contribution < 1.29 is 13.9 Å². The van der Waals surface area contributed by atoms with Gasteiger partial charge in [-0.2, -0.15) is 5.10 Å². The average molecular weight is 415 g/mol. The third kappa shape index (κ3) is 4.42. The minimum Gasteiger partial charge on any atom is -0.495 e. The first-order valence-corrected chi connectivity index (χ1v) is 9.73. The fourth-order valence-electron chi connectivity index (χ4n) is 3.65. The first kappa shape index (κ1) is 20.9. The van der Waals surface area contributed by atoms with Crippen molar-refractivity contribution in [2.45, 2.75) is 40.5 Å². The quantitative estimate of drug-likeness (QED) is 0.521. The lowest BCUT2D eigenvalue weighted by Gasteiger charge is -2.29. The Bertz CT molecular complexity index is 1010. The molecule has 0 spiro atoms. The second-order valence-corrected chi connectivity index (χ2v) is 8.50. The number of nitrogens with one attached hydrogen (secondary N) is 2. The van der Waals surface area contributed by atoms with Gasteiger partial charge in [0.25, 0.3) is 5.91 Å². The summed E-state index contributed by atoms with van der Waals surface area (Å²) in [4.78, 5) is 13.0. The highest BCUT2D eigenvalue weighted by Crippen LogP contribution is 2.39. The SMILES string of the molecule is COc1ccc(C)cc1NC(=O)c1oc2c(c1C)/C(=N\NC(N)=S)CC(C)(C)C2. The Hall–Kier alpha value is -2.87. The van der Waals surface area contributed by atoms with Gasteiger partial charge in [0.15, 0.2) is 10.9 Å². The molecule has 0 bridgehead atoms. The van der Waals surface area contributed by atoms with Gasteiger partial charge < -0.3 is 20.2 Å². The number of aryl methyl sites for hydroxylation is 1. The average Bonchev–Trinajstić information content (AvgIpc) is 2.95. The molecule has 0 fully saturated rings. The number of nitrogens with zero attached hydrogens (tertiary/aromatic N) is 1. The van der Waals surface area contributed by atoms with Crippen molar-refractivity contribution in [3.8, 4) is 5.75 Å². The number of nitrogens with two attached hydrogens (primary N) is 1. The molecule has 1 aliphatic carbocycles. The lowest BCUT2D eigenvalue weighted by atomic mass is 9.75. The smallest absolute Gasteiger partial charge is 0.291 e. The zero-order chi connectivity index (χ0) is 21.3. The number of anilines is 1. The maximum atomic E-state index is 13.0. The molecule has 0 unspecified atom stereocenters. The Balaban J connectivity index is 1.99. The van der Waals surface area contributed by atoms with Crippen LogP contribution in [0.15, 0.2) is 27.7 Å². The number of thiocarbonyl (C=S) groups is 1. The van der Waals surface area contributed by atoms with Crippen LogP contribution in [-0.2, 0) is 6.42 Å². The van der Waals surface area contributed by atoms with Crippen molar-refractivity contribution in [2.24, 2.45) is 16.3 Å². The number of carbonyl (C=O) groups excluding carboxylic acids is 1. The van der Waals surface area contributed by atoms with Crippen LogP contribution >= 0.6 is 12.2 Å². The van der Waals surface area contributed by atoms with Gasteiger partial charge in [0.1, 0.15) is 11.5 Å². The van der Waals surface area contributed by atoms with Crippen molar-refractivity contribution in [3.05, 3.63) is 46.4 Å². The normalized spacial score (nSPS) is 16.2. The van der Waals surface area contributed by atoms with E-state index in [-0.39, 0.29) is 22.2 Å². The Kier molecular flexibility index (Phi) is 5.66. The van der Waals surface area contributed by atoms with Crippen molar-refractivity contribution in [3.63, 3.8) is 0 Å². The Morgan fingerprint density at radius 3 is 2.69 bits per heavy atom. The highest BCUT2D eigenvalue weighted by atomic mass is 32.1. The van der Waals surface area contributed by atoms with E-state index in [0.717, 1.165) is 28.2 Å². The highest BCUT2D eigenvalue weighted by molar-refractivity contribution is 7.80. The fourth-order valence-corrected chi connectivity index (χ4v) is 3.69. The number of carbonyl (C=O) groups is 1. The van der Waals surface area contributed by atoms with Crippen LogP contribution in [0.25, 0.3) is 0 Å². The summed E-state index contributed by atoms with van der Waals surface area (Å²) in [5.41, 5.74) is 12.1. The fraction of sp³-hybridized carbons (Fsp3) is 0.381. The maximum absolute atomic E-state index is 13.0. The molecule has 0 saturated carbocycles. The van der Waals surface area contributed by atoms with E-state index >= 15 is 0 Å². The zero-order valence-corrected chi connectivity index (χ0v) is 18.1. The second-order valence-electron chi connectivity index (χ2n) is 8.06. The molecule has 0 radical (unpaired) electrons. The van der Waals surface area contributed by atoms with Crippen molar-refractivity contribution >= 4 is 34.6 Å². The van der Waals surface area contributed by atoms with Gasteiger partial charge in [-0.05, 0) is 55.6 Å². The topological polar surface area (TPSA) is 102 Å². The van der Waals surface area contributed by atoms with Crippen LogP contribution in [0.5, 0.6) is 5.75 Å². The molecule has 1 aromatic heterocycles. The third-order valence-corrected chi connectivity index (χ3v) is 5.00. The van der Waals surface area contributed by atoms with E-state index in [2.05, 4.69) is 29.7 Å². The number of ether oxygens (including phenoxy) is 1. The maximum Gasteiger partial charge on any atom is 0.291 e. The van der Waals surface area contributed by atoms with E-state index in [1.165, 1.54) is 0 Å². The van der Waals surface area contributed by atoms with E-state index < -0.39 is 0 Å². The number of hydrogen-bond donors (Lipinski definition) is 3. The Morgan fingerprint density at radius 2 is 2.03 bits per heavy atom. The Labute approximate surface area is 175 Å². The van der Waals surface area contributed by atoms with E-state index in [0.29, 0.717) is 24.3 Å². The minimum atomic E-state index is -0.333. The van der Waals surface area contributed by atoms with E-state index in [1.807, 2.05) is 32.0 Å². The summed E-state index contributed by atoms with van der Waals surface area (Å²) >= 11 is 4.87. The van der Waals surface area contributed by atoms with Crippen molar-refractivity contribution in [1.29, 1.82) is 0 Å². The summed E-state index contributed by atoms with van der Waals surface area (Å²) in [7, 11) is 1.57. The molecule has 4 N–H and O–H groups in total. The third-order valence-electron chi connectivity index (χ3n) is 4.90. The van der Waals surface area contributed by atoms with E-state index in [4.69, 9.17) is 27.1 Å². The van der Waals surface area contributed by atoms with Crippen LogP contribution in [0.2, 0.25) is 0 Å². The van der Waals surface area contributed by atoms with Gasteiger partial charge in [-0.15, -0.1) is 0 Å². The summed E-state index contributed by atoms with van der Waals surface area (Å²) in [6, 6.07) is 5.60. The van der Waals surface area contributed by atoms with Gasteiger partial charge in [0, 0.05) is 17.5 Å². The molecule has 154 valence electrons. The van der Waals surface area contributed by atoms with Gasteiger partial charge in [0.2, 0.25) is 0 Å². The van der Waals surface area contributed by atoms with Gasteiger partial charge in [-0.1, -0.05) is 19.9 Å². The van der Waals surface area contributed by atoms with Gasteiger partial charge in [-0.3, -0.25) is 10.2 Å². The predicted octanol–water partition coefficient (Wildman–Crippen LogP) is 3.67. The highest BCUT2D eigenvalue weighted by Gasteiger charge is 2.36. The summed E-state index contributed by atoms with van der Waals surface area (Å²) in [6.07, 6.45) is 1.42. The van der Waals surface area contributed by atoms with Crippen LogP contribution in [-0.4, -0.2) is 23.8 Å². The number of benzene rings is 1. The van der Waals surface area contributed by atoms with Crippen LogP contribution in [0, 0.1) is 19.3 Å². The number of methoxy groups -OCH3 is 1. The minimum absolute atomic E-state index is 0.0679. The molecule has 1 aliphatic rings. The molecule has 2 aromatic rings. The molecular formula is C21H26N4O3S.